The Bertz CT molecular complexity index is 960. The number of nitrogens with zero attached hydrogens (tertiary/aromatic N) is 3. The van der Waals surface area contributed by atoms with Crippen molar-refractivity contribution in [3.8, 4) is 0 Å². The quantitative estimate of drug-likeness (QED) is 0.708. The normalized spacial score (nSPS) is 10.7. The Morgan fingerprint density at radius 3 is 2.50 bits per heavy atom. The molecule has 0 saturated carbocycles. The van der Waals surface area contributed by atoms with Gasteiger partial charge in [0.05, 0.1) is 10.7 Å². The van der Waals surface area contributed by atoms with Gasteiger partial charge in [0.25, 0.3) is 5.91 Å². The zero-order chi connectivity index (χ0) is 18.8. The summed E-state index contributed by atoms with van der Waals surface area (Å²) in [6, 6.07) is 7.08. The second-order valence-corrected chi connectivity index (χ2v) is 6.47. The summed E-state index contributed by atoms with van der Waals surface area (Å²) in [5.41, 5.74) is 3.59. The molecule has 0 radical (unpaired) electrons. The highest BCUT2D eigenvalue weighted by Gasteiger charge is 2.14. The van der Waals surface area contributed by atoms with E-state index in [0.717, 1.165) is 11.1 Å². The maximum absolute atomic E-state index is 12.4. The fourth-order valence-electron chi connectivity index (χ4n) is 2.53. The van der Waals surface area contributed by atoms with E-state index >= 15 is 0 Å². The summed E-state index contributed by atoms with van der Waals surface area (Å²) in [5, 5.41) is 10.1. The Labute approximate surface area is 155 Å². The molecule has 2 N–H and O–H groups in total. The number of anilines is 3. The van der Waals surface area contributed by atoms with E-state index < -0.39 is 5.91 Å². The monoisotopic (exact) mass is 371 g/mol. The lowest BCUT2D eigenvalue weighted by atomic mass is 10.1. The number of aromatic nitrogens is 3. The maximum Gasteiger partial charge on any atom is 0.275 e. The first-order chi connectivity index (χ1) is 12.3. The second kappa shape index (κ2) is 7.13. The molecule has 7 nitrogen and oxygen atoms in total. The molecular formula is C18H18ClN5O2. The first kappa shape index (κ1) is 17.9. The van der Waals surface area contributed by atoms with Crippen molar-refractivity contribution in [2.75, 3.05) is 10.6 Å². The Morgan fingerprint density at radius 2 is 1.85 bits per heavy atom. The van der Waals surface area contributed by atoms with Gasteiger partial charge in [-0.05, 0) is 51.0 Å². The van der Waals surface area contributed by atoms with Crippen LogP contribution >= 0.6 is 11.6 Å². The van der Waals surface area contributed by atoms with Crippen LogP contribution in [0.15, 0.2) is 28.8 Å². The number of carbonyl (C=O) groups is 1. The van der Waals surface area contributed by atoms with Crippen molar-refractivity contribution in [2.45, 2.75) is 27.7 Å². The molecule has 0 aliphatic rings. The number of carbonyl (C=O) groups excluding carboxylic acids is 1. The number of nitrogens with one attached hydrogen (secondary N) is 2. The number of hydrogen-bond donors (Lipinski definition) is 2. The summed E-state index contributed by atoms with van der Waals surface area (Å²) in [5.74, 6) is 0.820. The van der Waals surface area contributed by atoms with E-state index in [-0.39, 0.29) is 5.69 Å². The van der Waals surface area contributed by atoms with Gasteiger partial charge >= 0.3 is 0 Å². The first-order valence-electron chi connectivity index (χ1n) is 7.96. The van der Waals surface area contributed by atoms with Gasteiger partial charge in [0.2, 0.25) is 5.95 Å². The van der Waals surface area contributed by atoms with Gasteiger partial charge in [-0.3, -0.25) is 4.79 Å². The predicted molar refractivity (Wildman–Crippen MR) is 100 cm³/mol. The highest BCUT2D eigenvalue weighted by Crippen LogP contribution is 2.29. The van der Waals surface area contributed by atoms with Crippen LogP contribution in [0.1, 0.15) is 33.1 Å². The van der Waals surface area contributed by atoms with Crippen LogP contribution in [0.25, 0.3) is 0 Å². The highest BCUT2D eigenvalue weighted by atomic mass is 35.5. The molecule has 0 spiro atoms. The van der Waals surface area contributed by atoms with Crippen LogP contribution in [-0.4, -0.2) is 21.0 Å². The second-order valence-electron chi connectivity index (χ2n) is 6.06. The van der Waals surface area contributed by atoms with Crippen LogP contribution in [0.4, 0.5) is 17.5 Å². The maximum atomic E-state index is 12.4. The van der Waals surface area contributed by atoms with Crippen LogP contribution in [0.3, 0.4) is 0 Å². The van der Waals surface area contributed by atoms with Crippen LogP contribution in [0.2, 0.25) is 5.02 Å². The average molecular weight is 372 g/mol. The molecule has 0 atom stereocenters. The van der Waals surface area contributed by atoms with Crippen molar-refractivity contribution in [1.82, 2.24) is 15.1 Å². The fraction of sp³-hybridized carbons (Fsp3) is 0.222. The third-order valence-corrected chi connectivity index (χ3v) is 3.92. The minimum atomic E-state index is -0.404. The first-order valence-corrected chi connectivity index (χ1v) is 8.34. The van der Waals surface area contributed by atoms with Gasteiger partial charge in [-0.25, -0.2) is 9.97 Å². The number of halogens is 1. The molecule has 0 unspecified atom stereocenters. The molecule has 0 saturated heterocycles. The summed E-state index contributed by atoms with van der Waals surface area (Å²) in [7, 11) is 0. The lowest BCUT2D eigenvalue weighted by molar-refractivity contribution is 0.102. The Morgan fingerprint density at radius 1 is 1.08 bits per heavy atom. The van der Waals surface area contributed by atoms with E-state index in [1.165, 1.54) is 0 Å². The van der Waals surface area contributed by atoms with Gasteiger partial charge in [0.15, 0.2) is 5.82 Å². The molecule has 1 aromatic carbocycles. The van der Waals surface area contributed by atoms with Crippen molar-refractivity contribution < 1.29 is 9.32 Å². The van der Waals surface area contributed by atoms with Crippen molar-refractivity contribution in [1.29, 1.82) is 0 Å². The molecule has 2 heterocycles. The fourth-order valence-corrected chi connectivity index (χ4v) is 2.90. The van der Waals surface area contributed by atoms with Gasteiger partial charge < -0.3 is 15.2 Å². The molecule has 3 aromatic rings. The number of benzene rings is 1. The Hall–Kier alpha value is -2.93. The smallest absolute Gasteiger partial charge is 0.275 e. The van der Waals surface area contributed by atoms with Gasteiger partial charge in [0, 0.05) is 11.8 Å². The third kappa shape index (κ3) is 4.00. The van der Waals surface area contributed by atoms with E-state index in [4.69, 9.17) is 16.1 Å². The molecule has 0 aliphatic heterocycles. The largest absolute Gasteiger partial charge is 0.360 e. The van der Waals surface area contributed by atoms with Crippen LogP contribution < -0.4 is 10.6 Å². The summed E-state index contributed by atoms with van der Waals surface area (Å²) in [4.78, 5) is 21.0. The lowest BCUT2D eigenvalue weighted by Gasteiger charge is -2.12. The zero-order valence-corrected chi connectivity index (χ0v) is 15.6. The summed E-state index contributed by atoms with van der Waals surface area (Å²) < 4.78 is 4.94. The van der Waals surface area contributed by atoms with E-state index in [1.807, 2.05) is 26.0 Å². The van der Waals surface area contributed by atoms with Gasteiger partial charge in [-0.15, -0.1) is 0 Å². The number of hydrogen-bond acceptors (Lipinski definition) is 6. The van der Waals surface area contributed by atoms with Crippen LogP contribution in [0.5, 0.6) is 0 Å². The SMILES string of the molecule is Cc1cc(C)c(Nc2nc(C)cc(C(=O)Nc3cc(C)on3)n2)c(Cl)c1. The molecule has 8 heteroatoms. The Balaban J connectivity index is 1.87. The van der Waals surface area contributed by atoms with E-state index in [0.29, 0.717) is 33.9 Å². The van der Waals surface area contributed by atoms with Gasteiger partial charge in [-0.1, -0.05) is 22.8 Å². The van der Waals surface area contributed by atoms with Crippen molar-refractivity contribution >= 4 is 35.0 Å². The van der Waals surface area contributed by atoms with Crippen molar-refractivity contribution in [3.05, 3.63) is 57.6 Å². The molecule has 0 bridgehead atoms. The predicted octanol–water partition coefficient (Wildman–Crippen LogP) is 4.35. The number of rotatable bonds is 4. The third-order valence-electron chi connectivity index (χ3n) is 3.62. The standard InChI is InChI=1S/C18H18ClN5O2/c1-9-5-10(2)16(13(19)6-9)23-18-20-11(3)7-14(21-18)17(25)22-15-8-12(4)26-24-15/h5-8H,1-4H3,(H,20,21,23)(H,22,24,25). The topological polar surface area (TPSA) is 92.9 Å². The summed E-state index contributed by atoms with van der Waals surface area (Å²) in [6.07, 6.45) is 0. The molecule has 134 valence electrons. The van der Waals surface area contributed by atoms with E-state index in [9.17, 15) is 4.79 Å². The van der Waals surface area contributed by atoms with E-state index in [1.54, 1.807) is 26.0 Å². The molecule has 1 amide bonds. The number of aryl methyl sites for hydroxylation is 4. The average Bonchev–Trinajstić information content (AvgIpc) is 2.95. The Kier molecular flexibility index (Phi) is 4.90. The molecule has 2 aromatic heterocycles. The van der Waals surface area contributed by atoms with Gasteiger partial charge in [-0.2, -0.15) is 0 Å². The lowest BCUT2D eigenvalue weighted by Crippen LogP contribution is -2.15. The summed E-state index contributed by atoms with van der Waals surface area (Å²) in [6.45, 7) is 7.44. The zero-order valence-electron chi connectivity index (χ0n) is 14.8. The minimum absolute atomic E-state index is 0.210. The van der Waals surface area contributed by atoms with Gasteiger partial charge in [0.1, 0.15) is 11.5 Å². The van der Waals surface area contributed by atoms with E-state index in [2.05, 4.69) is 25.8 Å². The molecule has 0 aliphatic carbocycles. The highest BCUT2D eigenvalue weighted by molar-refractivity contribution is 6.33. The van der Waals surface area contributed by atoms with Crippen LogP contribution in [-0.2, 0) is 0 Å². The molecule has 26 heavy (non-hydrogen) atoms. The molecular weight excluding hydrogens is 354 g/mol. The van der Waals surface area contributed by atoms with Crippen molar-refractivity contribution in [3.63, 3.8) is 0 Å². The summed E-state index contributed by atoms with van der Waals surface area (Å²) >= 11 is 6.32. The number of amides is 1. The van der Waals surface area contributed by atoms with Crippen molar-refractivity contribution in [2.24, 2.45) is 0 Å². The molecule has 3 rings (SSSR count). The van der Waals surface area contributed by atoms with Crippen LogP contribution in [0, 0.1) is 27.7 Å². The molecule has 0 fully saturated rings. The minimum Gasteiger partial charge on any atom is -0.360 e.